The molecule has 5 heteroatoms. The Morgan fingerprint density at radius 3 is 2.80 bits per heavy atom. The number of nitrogens with one attached hydrogen (secondary N) is 1. The number of aromatic nitrogens is 1. The highest BCUT2D eigenvalue weighted by atomic mass is 16.5. The van der Waals surface area contributed by atoms with Gasteiger partial charge in [-0.2, -0.15) is 0 Å². The summed E-state index contributed by atoms with van der Waals surface area (Å²) < 4.78 is 9.79. The number of nitrogens with zero attached hydrogens (tertiary/aromatic N) is 1. The van der Waals surface area contributed by atoms with Crippen molar-refractivity contribution in [3.8, 4) is 0 Å². The maximum atomic E-state index is 11.3. The van der Waals surface area contributed by atoms with Gasteiger partial charge >= 0.3 is 0 Å². The molecule has 84 valence electrons. The third kappa shape index (κ3) is 3.36. The van der Waals surface area contributed by atoms with E-state index in [1.807, 2.05) is 13.8 Å². The van der Waals surface area contributed by atoms with Crippen LogP contribution >= 0.6 is 0 Å². The Morgan fingerprint density at radius 2 is 2.27 bits per heavy atom. The number of ether oxygens (including phenoxy) is 1. The van der Waals surface area contributed by atoms with Gasteiger partial charge in [0.2, 0.25) is 5.91 Å². The van der Waals surface area contributed by atoms with E-state index in [4.69, 9.17) is 9.26 Å². The quantitative estimate of drug-likeness (QED) is 0.789. The van der Waals surface area contributed by atoms with Crippen molar-refractivity contribution < 1.29 is 14.1 Å². The van der Waals surface area contributed by atoms with E-state index in [1.54, 1.807) is 7.11 Å². The predicted molar refractivity (Wildman–Crippen MR) is 54.3 cm³/mol. The second-order valence-corrected chi connectivity index (χ2v) is 3.32. The van der Waals surface area contributed by atoms with Gasteiger partial charge in [0, 0.05) is 25.6 Å². The molecule has 0 aliphatic carbocycles. The third-order valence-corrected chi connectivity index (χ3v) is 2.18. The van der Waals surface area contributed by atoms with Crippen molar-refractivity contribution in [1.29, 1.82) is 0 Å². The predicted octanol–water partition coefficient (Wildman–Crippen LogP) is 0.944. The molecule has 0 aliphatic heterocycles. The van der Waals surface area contributed by atoms with E-state index in [-0.39, 0.29) is 5.91 Å². The molecule has 0 bridgehead atoms. The summed E-state index contributed by atoms with van der Waals surface area (Å²) in [6.07, 6.45) is 0.375. The lowest BCUT2D eigenvalue weighted by molar-refractivity contribution is -0.122. The molecule has 0 saturated heterocycles. The lowest BCUT2D eigenvalue weighted by Crippen LogP contribution is -2.24. The van der Waals surface area contributed by atoms with E-state index in [9.17, 15) is 4.79 Å². The summed E-state index contributed by atoms with van der Waals surface area (Å²) in [5, 5.41) is 6.59. The van der Waals surface area contributed by atoms with Gasteiger partial charge in [-0.1, -0.05) is 5.16 Å². The number of aryl methyl sites for hydroxylation is 2. The highest BCUT2D eigenvalue weighted by Gasteiger charge is 2.09. The monoisotopic (exact) mass is 212 g/mol. The van der Waals surface area contributed by atoms with Gasteiger partial charge in [-0.05, 0) is 13.8 Å². The van der Waals surface area contributed by atoms with E-state index in [0.29, 0.717) is 19.6 Å². The molecule has 0 radical (unpaired) electrons. The summed E-state index contributed by atoms with van der Waals surface area (Å²) in [7, 11) is 1.57. The fraction of sp³-hybridized carbons (Fsp3) is 0.600. The molecule has 0 atom stereocenters. The summed E-state index contributed by atoms with van der Waals surface area (Å²) in [5.41, 5.74) is 1.76. The first-order valence-electron chi connectivity index (χ1n) is 4.82. The molecule has 0 spiro atoms. The Hall–Kier alpha value is -1.36. The summed E-state index contributed by atoms with van der Waals surface area (Å²) in [6, 6.07) is 0. The lowest BCUT2D eigenvalue weighted by Gasteiger charge is -2.03. The van der Waals surface area contributed by atoms with Crippen LogP contribution in [0.3, 0.4) is 0 Å². The molecule has 0 aromatic carbocycles. The normalized spacial score (nSPS) is 10.3. The van der Waals surface area contributed by atoms with E-state index in [2.05, 4.69) is 10.5 Å². The van der Waals surface area contributed by atoms with Gasteiger partial charge in [0.15, 0.2) is 0 Å². The van der Waals surface area contributed by atoms with Crippen LogP contribution in [-0.4, -0.2) is 24.8 Å². The molecule has 1 amide bonds. The minimum atomic E-state index is -0.0307. The number of rotatable bonds is 5. The molecule has 1 N–H and O–H groups in total. The average molecular weight is 212 g/mol. The van der Waals surface area contributed by atoms with Gasteiger partial charge in [-0.3, -0.25) is 4.79 Å². The SMILES string of the molecule is COCCC(=O)NCc1c(C)noc1C. The van der Waals surface area contributed by atoms with Gasteiger partial charge in [0.25, 0.3) is 0 Å². The number of hydrogen-bond acceptors (Lipinski definition) is 4. The van der Waals surface area contributed by atoms with Crippen molar-refractivity contribution in [1.82, 2.24) is 10.5 Å². The van der Waals surface area contributed by atoms with Crippen LogP contribution in [0.5, 0.6) is 0 Å². The van der Waals surface area contributed by atoms with Gasteiger partial charge in [-0.25, -0.2) is 0 Å². The van der Waals surface area contributed by atoms with Gasteiger partial charge in [-0.15, -0.1) is 0 Å². The molecule has 0 aliphatic rings. The fourth-order valence-corrected chi connectivity index (χ4v) is 1.22. The number of methoxy groups -OCH3 is 1. The highest BCUT2D eigenvalue weighted by molar-refractivity contribution is 5.75. The van der Waals surface area contributed by atoms with Gasteiger partial charge in [0.05, 0.1) is 12.3 Å². The number of hydrogen-bond donors (Lipinski definition) is 1. The topological polar surface area (TPSA) is 64.4 Å². The number of amides is 1. The van der Waals surface area contributed by atoms with E-state index >= 15 is 0 Å². The molecular weight excluding hydrogens is 196 g/mol. The smallest absolute Gasteiger partial charge is 0.222 e. The molecule has 0 unspecified atom stereocenters. The minimum absolute atomic E-state index is 0.0307. The van der Waals surface area contributed by atoms with Crippen molar-refractivity contribution in [2.45, 2.75) is 26.8 Å². The Balaban J connectivity index is 2.40. The molecule has 15 heavy (non-hydrogen) atoms. The molecule has 1 heterocycles. The Morgan fingerprint density at radius 1 is 1.53 bits per heavy atom. The van der Waals surface area contributed by atoms with Crippen molar-refractivity contribution >= 4 is 5.91 Å². The van der Waals surface area contributed by atoms with E-state index in [0.717, 1.165) is 17.0 Å². The van der Waals surface area contributed by atoms with Crippen LogP contribution in [0.4, 0.5) is 0 Å². The number of carbonyl (C=O) groups excluding carboxylic acids is 1. The molecule has 1 aromatic heterocycles. The second kappa shape index (κ2) is 5.50. The zero-order valence-corrected chi connectivity index (χ0v) is 9.29. The average Bonchev–Trinajstić information content (AvgIpc) is 2.53. The van der Waals surface area contributed by atoms with Crippen LogP contribution in [0.2, 0.25) is 0 Å². The number of carbonyl (C=O) groups is 1. The summed E-state index contributed by atoms with van der Waals surface area (Å²) in [6.45, 7) is 4.58. The van der Waals surface area contributed by atoms with E-state index in [1.165, 1.54) is 0 Å². The third-order valence-electron chi connectivity index (χ3n) is 2.18. The lowest BCUT2D eigenvalue weighted by atomic mass is 10.2. The van der Waals surface area contributed by atoms with E-state index < -0.39 is 0 Å². The van der Waals surface area contributed by atoms with Crippen LogP contribution in [0.25, 0.3) is 0 Å². The maximum Gasteiger partial charge on any atom is 0.222 e. The zero-order chi connectivity index (χ0) is 11.3. The zero-order valence-electron chi connectivity index (χ0n) is 9.29. The van der Waals surface area contributed by atoms with Crippen LogP contribution < -0.4 is 5.32 Å². The van der Waals surface area contributed by atoms with Gasteiger partial charge < -0.3 is 14.6 Å². The molecule has 1 rings (SSSR count). The molecule has 5 nitrogen and oxygen atoms in total. The first-order chi connectivity index (χ1) is 7.15. The summed E-state index contributed by atoms with van der Waals surface area (Å²) in [5.74, 6) is 0.719. The summed E-state index contributed by atoms with van der Waals surface area (Å²) in [4.78, 5) is 11.3. The van der Waals surface area contributed by atoms with Gasteiger partial charge in [0.1, 0.15) is 5.76 Å². The van der Waals surface area contributed by atoms with Crippen LogP contribution in [-0.2, 0) is 16.1 Å². The highest BCUT2D eigenvalue weighted by Crippen LogP contribution is 2.11. The minimum Gasteiger partial charge on any atom is -0.384 e. The first kappa shape index (κ1) is 11.7. The second-order valence-electron chi connectivity index (χ2n) is 3.32. The van der Waals surface area contributed by atoms with Crippen molar-refractivity contribution in [2.24, 2.45) is 0 Å². The fourth-order valence-electron chi connectivity index (χ4n) is 1.22. The molecule has 0 fully saturated rings. The van der Waals surface area contributed by atoms with Crippen LogP contribution in [0.15, 0.2) is 4.52 Å². The maximum absolute atomic E-state index is 11.3. The van der Waals surface area contributed by atoms with Crippen molar-refractivity contribution in [3.05, 3.63) is 17.0 Å². The van der Waals surface area contributed by atoms with Crippen molar-refractivity contribution in [3.63, 3.8) is 0 Å². The molecule has 1 aromatic rings. The Labute approximate surface area is 88.8 Å². The Kier molecular flexibility index (Phi) is 4.30. The van der Waals surface area contributed by atoms with Crippen LogP contribution in [0.1, 0.15) is 23.4 Å². The first-order valence-corrected chi connectivity index (χ1v) is 4.82. The molecular formula is C10H16N2O3. The Bertz CT molecular complexity index is 314. The van der Waals surface area contributed by atoms with Crippen LogP contribution in [0, 0.1) is 13.8 Å². The standard InChI is InChI=1S/C10H16N2O3/c1-7-9(8(2)15-12-7)6-11-10(13)4-5-14-3/h4-6H2,1-3H3,(H,11,13). The largest absolute Gasteiger partial charge is 0.384 e. The summed E-state index contributed by atoms with van der Waals surface area (Å²) >= 11 is 0. The molecule has 0 saturated carbocycles. The van der Waals surface area contributed by atoms with Crippen molar-refractivity contribution in [2.75, 3.05) is 13.7 Å².